The molecule has 2 rings (SSSR count). The number of hydrogen-bond donors (Lipinski definition) is 2. The monoisotopic (exact) mass is 262 g/mol. The van der Waals surface area contributed by atoms with Gasteiger partial charge in [-0.3, -0.25) is 0 Å². The number of nitrogens with one attached hydrogen (secondary N) is 1. The van der Waals surface area contributed by atoms with E-state index in [0.717, 1.165) is 24.3 Å². The van der Waals surface area contributed by atoms with Crippen molar-refractivity contribution in [3.63, 3.8) is 0 Å². The molecule has 0 spiro atoms. The van der Waals surface area contributed by atoms with E-state index < -0.39 is 5.97 Å². The number of anilines is 1. The lowest BCUT2D eigenvalue weighted by molar-refractivity contribution is 0.0697. The van der Waals surface area contributed by atoms with Crippen LogP contribution in [0.3, 0.4) is 0 Å². The second-order valence-electron chi connectivity index (χ2n) is 5.31. The minimum atomic E-state index is -0.872. The van der Waals surface area contributed by atoms with Gasteiger partial charge in [0.05, 0.1) is 11.3 Å². The summed E-state index contributed by atoms with van der Waals surface area (Å²) >= 11 is 0. The van der Waals surface area contributed by atoms with Crippen molar-refractivity contribution in [3.05, 3.63) is 29.3 Å². The highest BCUT2D eigenvalue weighted by molar-refractivity contribution is 5.95. The van der Waals surface area contributed by atoms with Gasteiger partial charge >= 0.3 is 5.97 Å². The van der Waals surface area contributed by atoms with Gasteiger partial charge in [-0.25, -0.2) is 4.79 Å². The van der Waals surface area contributed by atoms with Gasteiger partial charge in [0.25, 0.3) is 0 Å². The van der Waals surface area contributed by atoms with Crippen LogP contribution in [-0.4, -0.2) is 42.2 Å². The Balaban J connectivity index is 2.08. The van der Waals surface area contributed by atoms with Gasteiger partial charge in [0.15, 0.2) is 0 Å². The SMILES string of the molecule is Cc1cccc(C(=O)O)c1NCC1CCCCN1C. The molecule has 1 aliphatic rings. The van der Waals surface area contributed by atoms with Crippen molar-refractivity contribution in [2.24, 2.45) is 0 Å². The maximum absolute atomic E-state index is 11.2. The highest BCUT2D eigenvalue weighted by Crippen LogP contribution is 2.22. The van der Waals surface area contributed by atoms with Crippen molar-refractivity contribution in [2.45, 2.75) is 32.2 Å². The van der Waals surface area contributed by atoms with Crippen LogP contribution in [0.15, 0.2) is 18.2 Å². The Morgan fingerprint density at radius 1 is 1.47 bits per heavy atom. The number of carbonyl (C=O) groups is 1. The van der Waals surface area contributed by atoms with Crippen LogP contribution in [-0.2, 0) is 0 Å². The third-order valence-corrected chi connectivity index (χ3v) is 3.94. The fourth-order valence-electron chi connectivity index (χ4n) is 2.70. The average molecular weight is 262 g/mol. The summed E-state index contributed by atoms with van der Waals surface area (Å²) in [7, 11) is 2.14. The number of aromatic carboxylic acids is 1. The average Bonchev–Trinajstić information content (AvgIpc) is 2.38. The molecular formula is C15H22N2O2. The van der Waals surface area contributed by atoms with E-state index in [0.29, 0.717) is 11.6 Å². The number of aryl methyl sites for hydroxylation is 1. The summed E-state index contributed by atoms with van der Waals surface area (Å²) in [6.07, 6.45) is 3.70. The molecule has 0 aromatic heterocycles. The van der Waals surface area contributed by atoms with Gasteiger partial charge in [-0.2, -0.15) is 0 Å². The molecule has 0 amide bonds. The molecule has 1 aliphatic heterocycles. The summed E-state index contributed by atoms with van der Waals surface area (Å²) < 4.78 is 0. The van der Waals surface area contributed by atoms with Crippen molar-refractivity contribution in [3.8, 4) is 0 Å². The van der Waals surface area contributed by atoms with Crippen molar-refractivity contribution < 1.29 is 9.90 Å². The van der Waals surface area contributed by atoms with Crippen molar-refractivity contribution in [2.75, 3.05) is 25.5 Å². The zero-order chi connectivity index (χ0) is 13.8. The number of piperidine rings is 1. The molecule has 4 nitrogen and oxygen atoms in total. The van der Waals surface area contributed by atoms with Crippen LogP contribution in [0.5, 0.6) is 0 Å². The zero-order valence-corrected chi connectivity index (χ0v) is 11.6. The lowest BCUT2D eigenvalue weighted by Gasteiger charge is -2.33. The van der Waals surface area contributed by atoms with E-state index in [1.54, 1.807) is 12.1 Å². The fraction of sp³-hybridized carbons (Fsp3) is 0.533. The van der Waals surface area contributed by atoms with Gasteiger partial charge in [0.2, 0.25) is 0 Å². The second kappa shape index (κ2) is 6.06. The van der Waals surface area contributed by atoms with Crippen LogP contribution in [0.25, 0.3) is 0 Å². The predicted molar refractivity (Wildman–Crippen MR) is 76.9 cm³/mol. The summed E-state index contributed by atoms with van der Waals surface area (Å²) in [5, 5.41) is 12.6. The van der Waals surface area contributed by atoms with E-state index in [2.05, 4.69) is 17.3 Å². The van der Waals surface area contributed by atoms with Crippen LogP contribution >= 0.6 is 0 Å². The third kappa shape index (κ3) is 3.26. The Morgan fingerprint density at radius 3 is 2.95 bits per heavy atom. The summed E-state index contributed by atoms with van der Waals surface area (Å²) in [5.74, 6) is -0.872. The first kappa shape index (κ1) is 13.9. The first-order valence-electron chi connectivity index (χ1n) is 6.86. The van der Waals surface area contributed by atoms with Crippen LogP contribution in [0, 0.1) is 6.92 Å². The lowest BCUT2D eigenvalue weighted by Crippen LogP contribution is -2.41. The van der Waals surface area contributed by atoms with Gasteiger partial charge in [0.1, 0.15) is 0 Å². The van der Waals surface area contributed by atoms with Gasteiger partial charge in [-0.15, -0.1) is 0 Å². The molecule has 1 saturated heterocycles. The van der Waals surface area contributed by atoms with E-state index in [1.807, 2.05) is 13.0 Å². The van der Waals surface area contributed by atoms with Gasteiger partial charge in [-0.05, 0) is 45.0 Å². The summed E-state index contributed by atoms with van der Waals surface area (Å²) in [6.45, 7) is 3.88. The standard InChI is InChI=1S/C15H22N2O2/c1-11-6-5-8-13(15(18)19)14(11)16-10-12-7-3-4-9-17(12)2/h5-6,8,12,16H,3-4,7,9-10H2,1-2H3,(H,18,19). The van der Waals surface area contributed by atoms with Gasteiger partial charge < -0.3 is 15.3 Å². The van der Waals surface area contributed by atoms with Crippen LogP contribution in [0.2, 0.25) is 0 Å². The van der Waals surface area contributed by atoms with Crippen LogP contribution in [0.1, 0.15) is 35.2 Å². The molecule has 0 bridgehead atoms. The van der Waals surface area contributed by atoms with E-state index in [9.17, 15) is 9.90 Å². The highest BCUT2D eigenvalue weighted by Gasteiger charge is 2.19. The van der Waals surface area contributed by atoms with Crippen molar-refractivity contribution in [1.29, 1.82) is 0 Å². The molecule has 1 atom stereocenters. The maximum Gasteiger partial charge on any atom is 0.337 e. The first-order chi connectivity index (χ1) is 9.09. The highest BCUT2D eigenvalue weighted by atomic mass is 16.4. The molecule has 1 heterocycles. The number of rotatable bonds is 4. The number of para-hydroxylation sites is 1. The molecule has 4 heteroatoms. The fourth-order valence-corrected chi connectivity index (χ4v) is 2.70. The normalized spacial score (nSPS) is 20.2. The quantitative estimate of drug-likeness (QED) is 0.875. The molecule has 1 fully saturated rings. The smallest absolute Gasteiger partial charge is 0.337 e. The summed E-state index contributed by atoms with van der Waals surface area (Å²) in [4.78, 5) is 13.6. The Morgan fingerprint density at radius 2 is 2.26 bits per heavy atom. The molecule has 1 aromatic carbocycles. The predicted octanol–water partition coefficient (Wildman–Crippen LogP) is 2.59. The minimum Gasteiger partial charge on any atom is -0.478 e. The number of likely N-dealkylation sites (N-methyl/N-ethyl adjacent to an activating group) is 1. The number of hydrogen-bond acceptors (Lipinski definition) is 3. The number of likely N-dealkylation sites (tertiary alicyclic amines) is 1. The molecule has 0 radical (unpaired) electrons. The van der Waals surface area contributed by atoms with Crippen LogP contribution in [0.4, 0.5) is 5.69 Å². The van der Waals surface area contributed by atoms with Gasteiger partial charge in [-0.1, -0.05) is 18.6 Å². The van der Waals surface area contributed by atoms with Gasteiger partial charge in [0, 0.05) is 12.6 Å². The number of carboxylic acids is 1. The maximum atomic E-state index is 11.2. The zero-order valence-electron chi connectivity index (χ0n) is 11.6. The molecule has 19 heavy (non-hydrogen) atoms. The number of nitrogens with zero attached hydrogens (tertiary/aromatic N) is 1. The van der Waals surface area contributed by atoms with Crippen molar-refractivity contribution >= 4 is 11.7 Å². The molecule has 0 saturated carbocycles. The second-order valence-corrected chi connectivity index (χ2v) is 5.31. The largest absolute Gasteiger partial charge is 0.478 e. The Bertz CT molecular complexity index is 459. The van der Waals surface area contributed by atoms with E-state index in [1.165, 1.54) is 19.3 Å². The molecule has 1 unspecified atom stereocenters. The molecule has 0 aliphatic carbocycles. The molecule has 104 valence electrons. The minimum absolute atomic E-state index is 0.360. The number of benzene rings is 1. The van der Waals surface area contributed by atoms with Crippen LogP contribution < -0.4 is 5.32 Å². The van der Waals surface area contributed by atoms with E-state index >= 15 is 0 Å². The summed E-state index contributed by atoms with van der Waals surface area (Å²) in [6, 6.07) is 5.88. The molecule has 2 N–H and O–H groups in total. The number of carboxylic acid groups (broad SMARTS) is 1. The summed E-state index contributed by atoms with van der Waals surface area (Å²) in [5.41, 5.74) is 2.10. The molecule has 1 aromatic rings. The first-order valence-corrected chi connectivity index (χ1v) is 6.86. The van der Waals surface area contributed by atoms with E-state index in [4.69, 9.17) is 0 Å². The third-order valence-electron chi connectivity index (χ3n) is 3.94. The van der Waals surface area contributed by atoms with E-state index in [-0.39, 0.29) is 0 Å². The van der Waals surface area contributed by atoms with Crippen molar-refractivity contribution in [1.82, 2.24) is 4.90 Å². The topological polar surface area (TPSA) is 52.6 Å². The Kier molecular flexibility index (Phi) is 4.43. The lowest BCUT2D eigenvalue weighted by atomic mass is 10.0. The Hall–Kier alpha value is -1.55. The Labute approximate surface area is 114 Å². The molecular weight excluding hydrogens is 240 g/mol.